The summed E-state index contributed by atoms with van der Waals surface area (Å²) in [5.74, 6) is -1.16. The second-order valence-electron chi connectivity index (χ2n) is 6.20. The summed E-state index contributed by atoms with van der Waals surface area (Å²) in [6, 6.07) is 4.42. The number of nitrogens with one attached hydrogen (secondary N) is 1. The van der Waals surface area contributed by atoms with Gasteiger partial charge in [0, 0.05) is 30.2 Å². The summed E-state index contributed by atoms with van der Waals surface area (Å²) in [7, 11) is 0. The fourth-order valence-corrected chi connectivity index (χ4v) is 2.98. The molecule has 0 spiro atoms. The molecular weight excluding hydrogens is 338 g/mol. The van der Waals surface area contributed by atoms with Crippen LogP contribution in [-0.2, 0) is 12.6 Å². The fourth-order valence-electron chi connectivity index (χ4n) is 2.98. The molecule has 0 radical (unpaired) electrons. The maximum Gasteiger partial charge on any atom is 0.419 e. The number of hydrogen-bond donors (Lipinski definition) is 1. The highest BCUT2D eigenvalue weighted by Gasteiger charge is 2.34. The number of alkyl halides is 3. The lowest BCUT2D eigenvalue weighted by atomic mass is 10.0. The Hall–Kier alpha value is -2.64. The predicted molar refractivity (Wildman–Crippen MR) is 82.0 cm³/mol. The van der Waals surface area contributed by atoms with E-state index in [-0.39, 0.29) is 17.9 Å². The second kappa shape index (κ2) is 5.44. The molecule has 25 heavy (non-hydrogen) atoms. The summed E-state index contributed by atoms with van der Waals surface area (Å²) in [5.41, 5.74) is 0.226. The smallest absolute Gasteiger partial charge is 0.297 e. The first-order valence-corrected chi connectivity index (χ1v) is 7.79. The largest absolute Gasteiger partial charge is 0.419 e. The molecule has 130 valence electrons. The molecule has 0 aliphatic heterocycles. The minimum atomic E-state index is -4.74. The van der Waals surface area contributed by atoms with Crippen molar-refractivity contribution in [1.29, 1.82) is 0 Å². The number of aromatic nitrogens is 3. The molecule has 1 fully saturated rings. The third-order valence-electron chi connectivity index (χ3n) is 4.35. The van der Waals surface area contributed by atoms with E-state index in [1.807, 2.05) is 0 Å². The maximum atomic E-state index is 13.8. The molecule has 1 saturated carbocycles. The summed E-state index contributed by atoms with van der Waals surface area (Å²) < 4.78 is 53.1. The van der Waals surface area contributed by atoms with Crippen LogP contribution >= 0.6 is 0 Å². The molecule has 0 atom stereocenters. The molecule has 1 aliphatic rings. The van der Waals surface area contributed by atoms with E-state index >= 15 is 0 Å². The van der Waals surface area contributed by atoms with E-state index in [1.165, 1.54) is 10.6 Å². The summed E-state index contributed by atoms with van der Waals surface area (Å²) >= 11 is 0. The van der Waals surface area contributed by atoms with Crippen LogP contribution in [0.15, 0.2) is 35.3 Å². The molecule has 1 N–H and O–H groups in total. The first-order valence-electron chi connectivity index (χ1n) is 7.79. The minimum Gasteiger partial charge on any atom is -0.297 e. The average Bonchev–Trinajstić information content (AvgIpc) is 3.26. The van der Waals surface area contributed by atoms with Crippen LogP contribution in [0.3, 0.4) is 0 Å². The fraction of sp³-hybridized carbons (Fsp3) is 0.294. The standard InChI is InChI=1S/C17H13F4N3O/c18-13-8-9(1-4-12(13)17(19,20)21)7-11-15(10-2-3-10)23-14-5-6-22-24(14)16(11)25/h1,4-6,8,10,22H,2-3,7H2. The van der Waals surface area contributed by atoms with Crippen molar-refractivity contribution in [2.45, 2.75) is 31.4 Å². The van der Waals surface area contributed by atoms with Crippen molar-refractivity contribution < 1.29 is 17.6 Å². The zero-order valence-electron chi connectivity index (χ0n) is 12.9. The Balaban J connectivity index is 1.78. The van der Waals surface area contributed by atoms with Crippen molar-refractivity contribution in [1.82, 2.24) is 14.6 Å². The molecular formula is C17H13F4N3O. The van der Waals surface area contributed by atoms with E-state index in [1.54, 1.807) is 12.3 Å². The molecule has 0 saturated heterocycles. The highest BCUT2D eigenvalue weighted by Crippen LogP contribution is 2.40. The van der Waals surface area contributed by atoms with Crippen LogP contribution in [0.1, 0.15) is 41.1 Å². The highest BCUT2D eigenvalue weighted by atomic mass is 19.4. The molecule has 4 nitrogen and oxygen atoms in total. The topological polar surface area (TPSA) is 50.2 Å². The maximum absolute atomic E-state index is 13.8. The Morgan fingerprint density at radius 3 is 2.64 bits per heavy atom. The Morgan fingerprint density at radius 1 is 1.24 bits per heavy atom. The van der Waals surface area contributed by atoms with Crippen molar-refractivity contribution in [2.75, 3.05) is 0 Å². The number of halogens is 4. The summed E-state index contributed by atoms with van der Waals surface area (Å²) in [6.45, 7) is 0. The number of nitrogens with zero attached hydrogens (tertiary/aromatic N) is 2. The molecule has 4 rings (SSSR count). The van der Waals surface area contributed by atoms with Gasteiger partial charge >= 0.3 is 6.18 Å². The van der Waals surface area contributed by atoms with Crippen LogP contribution in [0.5, 0.6) is 0 Å². The third kappa shape index (κ3) is 2.81. The zero-order valence-corrected chi connectivity index (χ0v) is 12.9. The van der Waals surface area contributed by atoms with Crippen LogP contribution in [0.4, 0.5) is 17.6 Å². The van der Waals surface area contributed by atoms with Gasteiger partial charge in [0.15, 0.2) is 5.65 Å². The van der Waals surface area contributed by atoms with Crippen molar-refractivity contribution in [3.8, 4) is 0 Å². The predicted octanol–water partition coefficient (Wildman–Crippen LogP) is 3.65. The van der Waals surface area contributed by atoms with E-state index < -0.39 is 17.6 Å². The van der Waals surface area contributed by atoms with Crippen molar-refractivity contribution in [2.24, 2.45) is 0 Å². The lowest BCUT2D eigenvalue weighted by Gasteiger charge is -2.11. The second-order valence-corrected chi connectivity index (χ2v) is 6.20. The number of benzene rings is 1. The Bertz CT molecular complexity index is 1010. The minimum absolute atomic E-state index is 0.0364. The van der Waals surface area contributed by atoms with Crippen molar-refractivity contribution in [3.63, 3.8) is 0 Å². The Kier molecular flexibility index (Phi) is 3.45. The van der Waals surface area contributed by atoms with Gasteiger partial charge in [0.05, 0.1) is 11.3 Å². The first-order chi connectivity index (χ1) is 11.8. The van der Waals surface area contributed by atoms with Gasteiger partial charge in [-0.3, -0.25) is 9.89 Å². The SMILES string of the molecule is O=c1c(Cc2ccc(C(F)(F)F)c(F)c2)c(C2CC2)nc2cc[nH]n12. The number of fused-ring (bicyclic) bond motifs is 1. The lowest BCUT2D eigenvalue weighted by Crippen LogP contribution is -2.23. The van der Waals surface area contributed by atoms with E-state index in [0.29, 0.717) is 28.5 Å². The van der Waals surface area contributed by atoms with Crippen LogP contribution in [0, 0.1) is 5.82 Å². The molecule has 2 heterocycles. The molecule has 0 amide bonds. The van der Waals surface area contributed by atoms with Gasteiger partial charge in [-0.25, -0.2) is 13.9 Å². The van der Waals surface area contributed by atoms with Gasteiger partial charge in [0.2, 0.25) is 0 Å². The molecule has 1 aromatic carbocycles. The van der Waals surface area contributed by atoms with Gasteiger partial charge in [-0.1, -0.05) is 6.07 Å². The van der Waals surface area contributed by atoms with Gasteiger partial charge < -0.3 is 0 Å². The zero-order chi connectivity index (χ0) is 17.8. The number of aromatic amines is 1. The van der Waals surface area contributed by atoms with Gasteiger partial charge in [-0.15, -0.1) is 0 Å². The molecule has 0 bridgehead atoms. The van der Waals surface area contributed by atoms with E-state index in [2.05, 4.69) is 10.1 Å². The van der Waals surface area contributed by atoms with Crippen molar-refractivity contribution in [3.05, 3.63) is 69.0 Å². The van der Waals surface area contributed by atoms with Gasteiger partial charge in [0.1, 0.15) is 5.82 Å². The molecule has 8 heteroatoms. The quantitative estimate of drug-likeness (QED) is 0.733. The molecule has 2 aromatic heterocycles. The van der Waals surface area contributed by atoms with Gasteiger partial charge in [-0.2, -0.15) is 13.2 Å². The molecule has 1 aliphatic carbocycles. The third-order valence-corrected chi connectivity index (χ3v) is 4.35. The first kappa shape index (κ1) is 15.9. The van der Waals surface area contributed by atoms with Gasteiger partial charge in [0.25, 0.3) is 5.56 Å². The van der Waals surface area contributed by atoms with Gasteiger partial charge in [-0.05, 0) is 30.5 Å². The normalized spacial score (nSPS) is 15.0. The van der Waals surface area contributed by atoms with Crippen LogP contribution < -0.4 is 5.56 Å². The van der Waals surface area contributed by atoms with E-state index in [4.69, 9.17) is 0 Å². The Morgan fingerprint density at radius 2 is 2.00 bits per heavy atom. The highest BCUT2D eigenvalue weighted by molar-refractivity contribution is 5.43. The summed E-state index contributed by atoms with van der Waals surface area (Å²) in [6.07, 6.45) is -1.29. The lowest BCUT2D eigenvalue weighted by molar-refractivity contribution is -0.140. The van der Waals surface area contributed by atoms with E-state index in [0.717, 1.165) is 18.9 Å². The summed E-state index contributed by atoms with van der Waals surface area (Å²) in [4.78, 5) is 17.2. The van der Waals surface area contributed by atoms with E-state index in [9.17, 15) is 22.4 Å². The van der Waals surface area contributed by atoms with Crippen LogP contribution in [0.2, 0.25) is 0 Å². The Labute approximate surface area is 139 Å². The average molecular weight is 351 g/mol. The number of rotatable bonds is 3. The number of H-pyrrole nitrogens is 1. The molecule has 0 unspecified atom stereocenters. The summed E-state index contributed by atoms with van der Waals surface area (Å²) in [5, 5.41) is 2.76. The molecule has 3 aromatic rings. The van der Waals surface area contributed by atoms with Crippen LogP contribution in [-0.4, -0.2) is 14.6 Å². The van der Waals surface area contributed by atoms with Crippen molar-refractivity contribution >= 4 is 5.65 Å². The number of hydrogen-bond acceptors (Lipinski definition) is 2. The van der Waals surface area contributed by atoms with Crippen LogP contribution in [0.25, 0.3) is 5.65 Å². The monoisotopic (exact) mass is 351 g/mol.